The maximum atomic E-state index is 11.5. The Labute approximate surface area is 122 Å². The molecule has 6 nitrogen and oxygen atoms in total. The number of methoxy groups -OCH3 is 1. The number of hydrogen-bond acceptors (Lipinski definition) is 4. The number of rotatable bonds is 3. The fraction of sp³-hybridized carbons (Fsp3) is 0.467. The van der Waals surface area contributed by atoms with Crippen LogP contribution in [0, 0.1) is 0 Å². The van der Waals surface area contributed by atoms with Crippen molar-refractivity contribution in [1.29, 1.82) is 0 Å². The molecule has 0 radical (unpaired) electrons. The number of carbonyl (C=O) groups is 1. The van der Waals surface area contributed by atoms with Gasteiger partial charge in [-0.2, -0.15) is 0 Å². The summed E-state index contributed by atoms with van der Waals surface area (Å²) in [6.45, 7) is 1.84. The Bertz CT molecular complexity index is 657. The Morgan fingerprint density at radius 1 is 1.52 bits per heavy atom. The molecule has 0 aromatic carbocycles. The Balaban J connectivity index is 2.16. The maximum Gasteiger partial charge on any atom is 0.356 e. The SMILES string of the molecule is COc1cccn2c(C3CCCCNC3)nc(C(=O)O)c12. The smallest absolute Gasteiger partial charge is 0.356 e. The van der Waals surface area contributed by atoms with Crippen molar-refractivity contribution in [2.75, 3.05) is 20.2 Å². The second-order valence-electron chi connectivity index (χ2n) is 5.32. The van der Waals surface area contributed by atoms with Gasteiger partial charge in [0.1, 0.15) is 17.1 Å². The van der Waals surface area contributed by atoms with E-state index < -0.39 is 5.97 Å². The average Bonchev–Trinajstić information content (AvgIpc) is 2.69. The van der Waals surface area contributed by atoms with E-state index in [1.54, 1.807) is 13.2 Å². The van der Waals surface area contributed by atoms with Crippen molar-refractivity contribution in [3.8, 4) is 5.75 Å². The first-order valence-electron chi connectivity index (χ1n) is 7.21. The van der Waals surface area contributed by atoms with Crippen LogP contribution in [0.4, 0.5) is 0 Å². The molecule has 3 rings (SSSR count). The minimum atomic E-state index is -1.02. The van der Waals surface area contributed by atoms with Crippen LogP contribution in [-0.4, -0.2) is 40.7 Å². The van der Waals surface area contributed by atoms with E-state index in [-0.39, 0.29) is 11.6 Å². The van der Waals surface area contributed by atoms with Gasteiger partial charge in [0.05, 0.1) is 7.11 Å². The third-order valence-corrected chi connectivity index (χ3v) is 3.99. The lowest BCUT2D eigenvalue weighted by Gasteiger charge is -2.13. The number of nitrogens with one attached hydrogen (secondary N) is 1. The summed E-state index contributed by atoms with van der Waals surface area (Å²) in [5, 5.41) is 12.8. The average molecular weight is 289 g/mol. The molecule has 21 heavy (non-hydrogen) atoms. The van der Waals surface area contributed by atoms with Crippen LogP contribution in [0.2, 0.25) is 0 Å². The van der Waals surface area contributed by atoms with Crippen LogP contribution in [0.5, 0.6) is 5.75 Å². The fourth-order valence-corrected chi connectivity index (χ4v) is 2.97. The number of fused-ring (bicyclic) bond motifs is 1. The minimum absolute atomic E-state index is 0.0618. The number of nitrogens with zero attached hydrogens (tertiary/aromatic N) is 2. The zero-order valence-corrected chi connectivity index (χ0v) is 12.0. The van der Waals surface area contributed by atoms with Gasteiger partial charge in [0.25, 0.3) is 0 Å². The Morgan fingerprint density at radius 3 is 3.14 bits per heavy atom. The van der Waals surface area contributed by atoms with Crippen molar-refractivity contribution in [3.05, 3.63) is 29.8 Å². The summed E-state index contributed by atoms with van der Waals surface area (Å²) in [4.78, 5) is 15.9. The number of hydrogen-bond donors (Lipinski definition) is 2. The molecular weight excluding hydrogens is 270 g/mol. The highest BCUT2D eigenvalue weighted by Crippen LogP contribution is 2.30. The number of aromatic nitrogens is 2. The standard InChI is InChI=1S/C15H19N3O3/c1-21-11-6-4-8-18-13(11)12(15(19)20)17-14(18)10-5-2-3-7-16-9-10/h4,6,8,10,16H,2-3,5,7,9H2,1H3,(H,19,20). The molecule has 3 heterocycles. The van der Waals surface area contributed by atoms with Crippen LogP contribution >= 0.6 is 0 Å². The molecule has 0 aliphatic carbocycles. The molecule has 2 aromatic heterocycles. The van der Waals surface area contributed by atoms with Gasteiger partial charge in [0.15, 0.2) is 5.69 Å². The van der Waals surface area contributed by atoms with Gasteiger partial charge in [-0.25, -0.2) is 9.78 Å². The normalized spacial score (nSPS) is 19.4. The summed E-state index contributed by atoms with van der Waals surface area (Å²) in [5.41, 5.74) is 0.596. The summed E-state index contributed by atoms with van der Waals surface area (Å²) < 4.78 is 7.16. The number of imidazole rings is 1. The lowest BCUT2D eigenvalue weighted by molar-refractivity contribution is 0.0693. The van der Waals surface area contributed by atoms with Crippen molar-refractivity contribution in [2.24, 2.45) is 0 Å². The van der Waals surface area contributed by atoms with Crippen LogP contribution < -0.4 is 10.1 Å². The summed E-state index contributed by atoms with van der Waals surface area (Å²) in [6, 6.07) is 3.62. The van der Waals surface area contributed by atoms with Crippen molar-refractivity contribution in [2.45, 2.75) is 25.2 Å². The molecule has 0 bridgehead atoms. The highest BCUT2D eigenvalue weighted by Gasteiger charge is 2.25. The van der Waals surface area contributed by atoms with E-state index in [0.717, 1.165) is 38.2 Å². The van der Waals surface area contributed by atoms with Gasteiger partial charge in [0.2, 0.25) is 0 Å². The zero-order chi connectivity index (χ0) is 14.8. The van der Waals surface area contributed by atoms with Gasteiger partial charge in [0, 0.05) is 18.7 Å². The molecular formula is C15H19N3O3. The van der Waals surface area contributed by atoms with Crippen molar-refractivity contribution in [1.82, 2.24) is 14.7 Å². The molecule has 1 aliphatic rings. The van der Waals surface area contributed by atoms with Crippen molar-refractivity contribution in [3.63, 3.8) is 0 Å². The topological polar surface area (TPSA) is 75.9 Å². The van der Waals surface area contributed by atoms with Gasteiger partial charge in [-0.1, -0.05) is 6.42 Å². The van der Waals surface area contributed by atoms with Gasteiger partial charge >= 0.3 is 5.97 Å². The summed E-state index contributed by atoms with van der Waals surface area (Å²) in [6.07, 6.45) is 5.15. The molecule has 112 valence electrons. The van der Waals surface area contributed by atoms with Gasteiger partial charge < -0.3 is 15.2 Å². The molecule has 1 atom stereocenters. The molecule has 1 fully saturated rings. The number of carboxylic acid groups (broad SMARTS) is 1. The quantitative estimate of drug-likeness (QED) is 0.902. The Kier molecular flexibility index (Phi) is 3.79. The predicted octanol–water partition coefficient (Wildman–Crippen LogP) is 1.90. The van der Waals surface area contributed by atoms with Gasteiger partial charge in [-0.15, -0.1) is 0 Å². The highest BCUT2D eigenvalue weighted by molar-refractivity contribution is 5.95. The lowest BCUT2D eigenvalue weighted by Crippen LogP contribution is -2.20. The second kappa shape index (κ2) is 5.73. The first-order valence-corrected chi connectivity index (χ1v) is 7.21. The summed E-state index contributed by atoms with van der Waals surface area (Å²) in [7, 11) is 1.54. The van der Waals surface area contributed by atoms with Crippen molar-refractivity contribution < 1.29 is 14.6 Å². The molecule has 6 heteroatoms. The first-order chi connectivity index (χ1) is 10.2. The lowest BCUT2D eigenvalue weighted by atomic mass is 10.0. The molecule has 1 saturated heterocycles. The van der Waals surface area contributed by atoms with Crippen LogP contribution in [0.3, 0.4) is 0 Å². The molecule has 0 saturated carbocycles. The monoisotopic (exact) mass is 289 g/mol. The van der Waals surface area contributed by atoms with Crippen LogP contribution in [0.25, 0.3) is 5.52 Å². The molecule has 1 aliphatic heterocycles. The van der Waals surface area contributed by atoms with Crippen LogP contribution in [0.1, 0.15) is 41.5 Å². The zero-order valence-electron chi connectivity index (χ0n) is 12.0. The van der Waals surface area contributed by atoms with E-state index in [0.29, 0.717) is 11.3 Å². The number of aromatic carboxylic acids is 1. The summed E-state index contributed by atoms with van der Waals surface area (Å²) in [5.74, 6) is 0.538. The van der Waals surface area contributed by atoms with Crippen LogP contribution in [0.15, 0.2) is 18.3 Å². The van der Waals surface area contributed by atoms with E-state index in [4.69, 9.17) is 4.74 Å². The predicted molar refractivity (Wildman–Crippen MR) is 78.2 cm³/mol. The van der Waals surface area contributed by atoms with E-state index >= 15 is 0 Å². The number of pyridine rings is 1. The second-order valence-corrected chi connectivity index (χ2v) is 5.32. The molecule has 0 amide bonds. The van der Waals surface area contributed by atoms with E-state index in [2.05, 4.69) is 10.3 Å². The minimum Gasteiger partial charge on any atom is -0.494 e. The van der Waals surface area contributed by atoms with Crippen molar-refractivity contribution >= 4 is 11.5 Å². The molecule has 1 unspecified atom stereocenters. The molecule has 2 N–H and O–H groups in total. The molecule has 2 aromatic rings. The van der Waals surface area contributed by atoms with Gasteiger partial charge in [-0.3, -0.25) is 4.40 Å². The Hall–Kier alpha value is -2.08. The maximum absolute atomic E-state index is 11.5. The third kappa shape index (κ3) is 2.47. The first kappa shape index (κ1) is 13.9. The van der Waals surface area contributed by atoms with Gasteiger partial charge in [-0.05, 0) is 31.5 Å². The Morgan fingerprint density at radius 2 is 2.38 bits per heavy atom. The van der Waals surface area contributed by atoms with E-state index in [1.807, 2.05) is 16.7 Å². The number of carboxylic acids is 1. The third-order valence-electron chi connectivity index (χ3n) is 3.99. The highest BCUT2D eigenvalue weighted by atomic mass is 16.5. The number of ether oxygens (including phenoxy) is 1. The fourth-order valence-electron chi connectivity index (χ4n) is 2.97. The van der Waals surface area contributed by atoms with Crippen LogP contribution in [-0.2, 0) is 0 Å². The van der Waals surface area contributed by atoms with E-state index in [9.17, 15) is 9.90 Å². The van der Waals surface area contributed by atoms with E-state index in [1.165, 1.54) is 0 Å². The molecule has 0 spiro atoms. The largest absolute Gasteiger partial charge is 0.494 e. The summed E-state index contributed by atoms with van der Waals surface area (Å²) >= 11 is 0.